The van der Waals surface area contributed by atoms with Crippen molar-refractivity contribution in [1.29, 1.82) is 5.26 Å². The van der Waals surface area contributed by atoms with Gasteiger partial charge in [0.1, 0.15) is 11.8 Å². The minimum Gasteiger partial charge on any atom is -0.510 e. The monoisotopic (exact) mass is 271 g/mol. The second kappa shape index (κ2) is 6.25. The Balaban J connectivity index is 2.04. The van der Waals surface area contributed by atoms with Crippen LogP contribution in [0.3, 0.4) is 0 Å². The molecule has 0 heterocycles. The minimum absolute atomic E-state index is 0.126. The van der Waals surface area contributed by atoms with Crippen LogP contribution >= 0.6 is 0 Å². The lowest BCUT2D eigenvalue weighted by Crippen LogP contribution is -2.25. The van der Waals surface area contributed by atoms with Crippen LogP contribution < -0.4 is 0 Å². The number of esters is 1. The molecule has 0 spiro atoms. The van der Waals surface area contributed by atoms with E-state index in [9.17, 15) is 9.90 Å². The summed E-state index contributed by atoms with van der Waals surface area (Å²) in [5.74, 6) is -0.612. The van der Waals surface area contributed by atoms with Crippen LogP contribution in [0.1, 0.15) is 31.2 Å². The first-order valence-electron chi connectivity index (χ1n) is 6.72. The highest BCUT2D eigenvalue weighted by molar-refractivity contribution is 5.93. The Morgan fingerprint density at radius 2 is 2.05 bits per heavy atom. The van der Waals surface area contributed by atoms with E-state index in [4.69, 9.17) is 10.00 Å². The fraction of sp³-hybridized carbons (Fsp3) is 0.375. The molecule has 1 fully saturated rings. The van der Waals surface area contributed by atoms with E-state index < -0.39 is 5.97 Å². The lowest BCUT2D eigenvalue weighted by Gasteiger charge is -2.35. The number of allylic oxidation sites excluding steroid dienone is 1. The molecule has 104 valence electrons. The predicted molar refractivity (Wildman–Crippen MR) is 73.8 cm³/mol. The van der Waals surface area contributed by atoms with Crippen LogP contribution in [-0.2, 0) is 9.53 Å². The summed E-state index contributed by atoms with van der Waals surface area (Å²) in [5, 5.41) is 19.0. The van der Waals surface area contributed by atoms with Gasteiger partial charge in [-0.25, -0.2) is 4.79 Å². The molecule has 1 aliphatic carbocycles. The van der Waals surface area contributed by atoms with Gasteiger partial charge in [-0.1, -0.05) is 30.3 Å². The molecule has 1 N–H and O–H groups in total. The number of ether oxygens (including phenoxy) is 1. The van der Waals surface area contributed by atoms with Gasteiger partial charge in [0.2, 0.25) is 0 Å². The van der Waals surface area contributed by atoms with Crippen molar-refractivity contribution >= 4 is 5.97 Å². The molecule has 0 atom stereocenters. The van der Waals surface area contributed by atoms with E-state index in [2.05, 4.69) is 12.1 Å². The highest BCUT2D eigenvalue weighted by atomic mass is 16.5. The molecule has 0 radical (unpaired) electrons. The van der Waals surface area contributed by atoms with Crippen molar-refractivity contribution in [1.82, 2.24) is 0 Å². The standard InChI is InChI=1S/C16H17NO3/c1-2-20-16(19)14(10-17)15(18)13-8-12(9-13)11-6-4-3-5-7-11/h3-7,12-13,18H,2,8-9H2,1H3. The number of benzene rings is 1. The Bertz CT molecular complexity index is 551. The van der Waals surface area contributed by atoms with E-state index in [0.717, 1.165) is 12.8 Å². The van der Waals surface area contributed by atoms with Gasteiger partial charge in [0, 0.05) is 5.92 Å². The highest BCUT2D eigenvalue weighted by Gasteiger charge is 2.35. The van der Waals surface area contributed by atoms with Crippen LogP contribution in [0.15, 0.2) is 41.7 Å². The maximum absolute atomic E-state index is 11.5. The Kier molecular flexibility index (Phi) is 4.41. The first kappa shape index (κ1) is 14.1. The molecule has 1 aromatic rings. The summed E-state index contributed by atoms with van der Waals surface area (Å²) in [4.78, 5) is 11.5. The summed E-state index contributed by atoms with van der Waals surface area (Å²) in [6.45, 7) is 1.85. The van der Waals surface area contributed by atoms with Gasteiger partial charge >= 0.3 is 5.97 Å². The number of aliphatic hydroxyl groups excluding tert-OH is 1. The molecule has 4 nitrogen and oxygen atoms in total. The lowest BCUT2D eigenvalue weighted by molar-refractivity contribution is -0.138. The average molecular weight is 271 g/mol. The fourth-order valence-corrected chi connectivity index (χ4v) is 2.45. The van der Waals surface area contributed by atoms with Crippen molar-refractivity contribution < 1.29 is 14.6 Å². The first-order valence-corrected chi connectivity index (χ1v) is 6.72. The van der Waals surface area contributed by atoms with E-state index in [1.807, 2.05) is 18.2 Å². The molecule has 0 amide bonds. The number of hydrogen-bond donors (Lipinski definition) is 1. The van der Waals surface area contributed by atoms with Gasteiger partial charge in [0.05, 0.1) is 6.61 Å². The zero-order valence-electron chi connectivity index (χ0n) is 11.4. The maximum Gasteiger partial charge on any atom is 0.352 e. The minimum atomic E-state index is -0.740. The molecular formula is C16H17NO3. The fourth-order valence-electron chi connectivity index (χ4n) is 2.45. The van der Waals surface area contributed by atoms with Gasteiger partial charge in [0.25, 0.3) is 0 Å². The van der Waals surface area contributed by atoms with Gasteiger partial charge in [-0.3, -0.25) is 0 Å². The van der Waals surface area contributed by atoms with Crippen LogP contribution in [-0.4, -0.2) is 17.7 Å². The summed E-state index contributed by atoms with van der Waals surface area (Å²) in [7, 11) is 0. The number of carbonyl (C=O) groups is 1. The van der Waals surface area contributed by atoms with Crippen molar-refractivity contribution in [2.24, 2.45) is 5.92 Å². The Labute approximate surface area is 118 Å². The smallest absolute Gasteiger partial charge is 0.352 e. The number of nitrogens with zero attached hydrogens (tertiary/aromatic N) is 1. The molecule has 2 rings (SSSR count). The number of rotatable bonds is 4. The summed E-state index contributed by atoms with van der Waals surface area (Å²) >= 11 is 0. The van der Waals surface area contributed by atoms with E-state index in [1.54, 1.807) is 13.0 Å². The van der Waals surface area contributed by atoms with Crippen molar-refractivity contribution in [2.75, 3.05) is 6.61 Å². The second-order valence-corrected chi connectivity index (χ2v) is 4.87. The molecule has 1 saturated carbocycles. The molecule has 0 aromatic heterocycles. The molecule has 0 aliphatic heterocycles. The largest absolute Gasteiger partial charge is 0.510 e. The number of hydrogen-bond acceptors (Lipinski definition) is 4. The topological polar surface area (TPSA) is 70.3 Å². The van der Waals surface area contributed by atoms with E-state index in [-0.39, 0.29) is 23.9 Å². The molecule has 1 aliphatic rings. The average Bonchev–Trinajstić information content (AvgIpc) is 2.39. The Morgan fingerprint density at radius 1 is 1.40 bits per heavy atom. The van der Waals surface area contributed by atoms with Gasteiger partial charge in [0.15, 0.2) is 5.57 Å². The zero-order chi connectivity index (χ0) is 14.5. The third kappa shape index (κ3) is 2.83. The molecule has 1 aromatic carbocycles. The van der Waals surface area contributed by atoms with E-state index >= 15 is 0 Å². The molecule has 0 bridgehead atoms. The summed E-state index contributed by atoms with van der Waals surface area (Å²) in [6, 6.07) is 11.8. The number of aliphatic hydroxyl groups is 1. The van der Waals surface area contributed by atoms with Gasteiger partial charge < -0.3 is 9.84 Å². The normalized spacial score (nSPS) is 22.2. The third-order valence-electron chi connectivity index (χ3n) is 3.64. The van der Waals surface area contributed by atoms with Crippen molar-refractivity contribution in [3.8, 4) is 6.07 Å². The van der Waals surface area contributed by atoms with Gasteiger partial charge in [-0.05, 0) is 31.2 Å². The first-order chi connectivity index (χ1) is 9.67. The Morgan fingerprint density at radius 3 is 2.60 bits per heavy atom. The van der Waals surface area contributed by atoms with Gasteiger partial charge in [-0.2, -0.15) is 5.26 Å². The predicted octanol–water partition coefficient (Wildman–Crippen LogP) is 3.08. The van der Waals surface area contributed by atoms with Crippen molar-refractivity contribution in [3.05, 3.63) is 47.2 Å². The Hall–Kier alpha value is -2.28. The van der Waals surface area contributed by atoms with Crippen molar-refractivity contribution in [2.45, 2.75) is 25.7 Å². The van der Waals surface area contributed by atoms with Crippen LogP contribution in [0.5, 0.6) is 0 Å². The quantitative estimate of drug-likeness (QED) is 0.395. The molecular weight excluding hydrogens is 254 g/mol. The van der Waals surface area contributed by atoms with E-state index in [1.165, 1.54) is 5.56 Å². The summed E-state index contributed by atoms with van der Waals surface area (Å²) in [5.41, 5.74) is 0.967. The molecule has 20 heavy (non-hydrogen) atoms. The number of nitriles is 1. The number of carbonyl (C=O) groups excluding carboxylic acids is 1. The highest BCUT2D eigenvalue weighted by Crippen LogP contribution is 2.45. The molecule has 0 unspecified atom stereocenters. The zero-order valence-corrected chi connectivity index (χ0v) is 11.4. The van der Waals surface area contributed by atoms with Crippen LogP contribution in [0.2, 0.25) is 0 Å². The summed E-state index contributed by atoms with van der Waals surface area (Å²) in [6.07, 6.45) is 1.50. The van der Waals surface area contributed by atoms with Gasteiger partial charge in [-0.15, -0.1) is 0 Å². The second-order valence-electron chi connectivity index (χ2n) is 4.87. The SMILES string of the molecule is CCOC(=O)C(C#N)=C(O)C1CC(c2ccccc2)C1. The van der Waals surface area contributed by atoms with Crippen molar-refractivity contribution in [3.63, 3.8) is 0 Å². The molecule has 4 heteroatoms. The van der Waals surface area contributed by atoms with Crippen LogP contribution in [0.4, 0.5) is 0 Å². The maximum atomic E-state index is 11.5. The third-order valence-corrected chi connectivity index (χ3v) is 3.64. The van der Waals surface area contributed by atoms with Crippen LogP contribution in [0.25, 0.3) is 0 Å². The summed E-state index contributed by atoms with van der Waals surface area (Å²) < 4.78 is 4.77. The lowest BCUT2D eigenvalue weighted by atomic mass is 9.70. The van der Waals surface area contributed by atoms with E-state index in [0.29, 0.717) is 5.92 Å². The molecule has 0 saturated heterocycles. The van der Waals surface area contributed by atoms with Crippen LogP contribution in [0, 0.1) is 17.2 Å².